The highest BCUT2D eigenvalue weighted by molar-refractivity contribution is 4.94. The van der Waals surface area contributed by atoms with Gasteiger partial charge in [0.1, 0.15) is 0 Å². The minimum absolute atomic E-state index is 0.158. The Balaban J connectivity index is 2.70. The molecule has 2 heteroatoms. The number of likely N-dealkylation sites (tertiary alicyclic amines) is 1. The predicted octanol–water partition coefficient (Wildman–Crippen LogP) is 2.12. The molecule has 0 aliphatic carbocycles. The van der Waals surface area contributed by atoms with Gasteiger partial charge < -0.3 is 5.11 Å². The van der Waals surface area contributed by atoms with Crippen LogP contribution in [-0.4, -0.2) is 34.7 Å². The lowest BCUT2D eigenvalue weighted by Crippen LogP contribution is -2.40. The summed E-state index contributed by atoms with van der Waals surface area (Å²) >= 11 is 0. The third kappa shape index (κ3) is 2.48. The zero-order valence-electron chi connectivity index (χ0n) is 10.5. The van der Waals surface area contributed by atoms with Gasteiger partial charge in [0.15, 0.2) is 0 Å². The molecule has 0 saturated carbocycles. The van der Waals surface area contributed by atoms with Crippen LogP contribution in [-0.2, 0) is 0 Å². The summed E-state index contributed by atoms with van der Waals surface area (Å²) in [5.74, 6) is 0.404. The maximum Gasteiger partial charge on any atom is 0.0712 e. The second kappa shape index (κ2) is 3.49. The van der Waals surface area contributed by atoms with E-state index in [1.165, 1.54) is 0 Å². The van der Waals surface area contributed by atoms with Crippen LogP contribution in [0.4, 0.5) is 0 Å². The summed E-state index contributed by atoms with van der Waals surface area (Å²) in [7, 11) is 0. The summed E-state index contributed by atoms with van der Waals surface area (Å²) in [5, 5.41) is 10.0. The summed E-state index contributed by atoms with van der Waals surface area (Å²) < 4.78 is 0. The van der Waals surface area contributed by atoms with E-state index in [1.807, 2.05) is 0 Å². The van der Waals surface area contributed by atoms with Crippen molar-refractivity contribution in [2.75, 3.05) is 13.1 Å². The fraction of sp³-hybridized carbons (Fsp3) is 1.00. The normalized spacial score (nSPS) is 31.1. The van der Waals surface area contributed by atoms with E-state index in [9.17, 15) is 5.11 Å². The number of hydrogen-bond acceptors (Lipinski definition) is 2. The van der Waals surface area contributed by atoms with Gasteiger partial charge in [-0.1, -0.05) is 20.8 Å². The second-order valence-corrected chi connectivity index (χ2v) is 6.62. The highest BCUT2D eigenvalue weighted by Gasteiger charge is 2.41. The summed E-state index contributed by atoms with van der Waals surface area (Å²) in [6, 6.07) is 0. The molecular weight excluding hydrogens is 174 g/mol. The van der Waals surface area contributed by atoms with Crippen molar-refractivity contribution >= 4 is 0 Å². The van der Waals surface area contributed by atoms with Gasteiger partial charge in [-0.05, 0) is 26.2 Å². The van der Waals surface area contributed by atoms with Crippen LogP contribution < -0.4 is 0 Å². The Bertz CT molecular complexity index is 199. The lowest BCUT2D eigenvalue weighted by Gasteiger charge is -2.33. The van der Waals surface area contributed by atoms with Crippen LogP contribution in [0.15, 0.2) is 0 Å². The molecule has 1 aliphatic rings. The summed E-state index contributed by atoms with van der Waals surface area (Å²) in [4.78, 5) is 2.38. The molecule has 1 aliphatic heterocycles. The zero-order chi connectivity index (χ0) is 11.1. The summed E-state index contributed by atoms with van der Waals surface area (Å²) in [5.41, 5.74) is 0.389. The first-order chi connectivity index (χ1) is 6.12. The Morgan fingerprint density at radius 3 is 1.71 bits per heavy atom. The second-order valence-electron chi connectivity index (χ2n) is 6.62. The number of aliphatic hydroxyl groups is 1. The Morgan fingerprint density at radius 1 is 1.00 bits per heavy atom. The average Bonchev–Trinajstić information content (AvgIpc) is 2.27. The molecule has 14 heavy (non-hydrogen) atoms. The Kier molecular flexibility index (Phi) is 2.99. The SMILES string of the molecule is CC(C)(C)C1CN(C(C)(C)C)CC1O. The Morgan fingerprint density at radius 2 is 1.50 bits per heavy atom. The summed E-state index contributed by atoms with van der Waals surface area (Å²) in [6.45, 7) is 15.1. The molecule has 1 saturated heterocycles. The number of aliphatic hydroxyl groups excluding tert-OH is 1. The molecule has 0 aromatic carbocycles. The van der Waals surface area contributed by atoms with Crippen LogP contribution in [0.2, 0.25) is 0 Å². The predicted molar refractivity (Wildman–Crippen MR) is 60.3 cm³/mol. The molecule has 0 spiro atoms. The number of rotatable bonds is 0. The van der Waals surface area contributed by atoms with Crippen LogP contribution in [0.1, 0.15) is 41.5 Å². The molecule has 0 amide bonds. The summed E-state index contributed by atoms with van der Waals surface area (Å²) in [6.07, 6.45) is -0.158. The third-order valence-electron chi connectivity index (χ3n) is 3.35. The molecule has 84 valence electrons. The van der Waals surface area contributed by atoms with E-state index in [1.54, 1.807) is 0 Å². The van der Waals surface area contributed by atoms with Gasteiger partial charge in [0, 0.05) is 24.5 Å². The van der Waals surface area contributed by atoms with Gasteiger partial charge in [-0.15, -0.1) is 0 Å². The lowest BCUT2D eigenvalue weighted by molar-refractivity contribution is 0.0820. The van der Waals surface area contributed by atoms with Crippen molar-refractivity contribution < 1.29 is 5.11 Å². The van der Waals surface area contributed by atoms with Crippen LogP contribution in [0, 0.1) is 11.3 Å². The first-order valence-corrected chi connectivity index (χ1v) is 5.55. The maximum atomic E-state index is 10.0. The van der Waals surface area contributed by atoms with Crippen molar-refractivity contribution in [1.29, 1.82) is 0 Å². The van der Waals surface area contributed by atoms with Gasteiger partial charge in [-0.2, -0.15) is 0 Å². The van der Waals surface area contributed by atoms with Gasteiger partial charge in [-0.3, -0.25) is 4.90 Å². The topological polar surface area (TPSA) is 23.5 Å². The Labute approximate surface area is 88.3 Å². The minimum atomic E-state index is -0.158. The largest absolute Gasteiger partial charge is 0.391 e. The van der Waals surface area contributed by atoms with Gasteiger partial charge in [0.25, 0.3) is 0 Å². The van der Waals surface area contributed by atoms with Crippen molar-refractivity contribution in [2.24, 2.45) is 11.3 Å². The maximum absolute atomic E-state index is 10.0. The van der Waals surface area contributed by atoms with E-state index >= 15 is 0 Å². The molecule has 1 heterocycles. The Hall–Kier alpha value is -0.0800. The third-order valence-corrected chi connectivity index (χ3v) is 3.35. The fourth-order valence-corrected chi connectivity index (χ4v) is 2.19. The molecule has 0 aromatic rings. The number of hydrogen-bond donors (Lipinski definition) is 1. The van der Waals surface area contributed by atoms with Crippen molar-refractivity contribution in [2.45, 2.75) is 53.2 Å². The first kappa shape index (κ1) is 12.0. The van der Waals surface area contributed by atoms with Crippen molar-refractivity contribution in [3.05, 3.63) is 0 Å². The van der Waals surface area contributed by atoms with E-state index in [2.05, 4.69) is 46.4 Å². The van der Waals surface area contributed by atoms with E-state index in [0.717, 1.165) is 13.1 Å². The quantitative estimate of drug-likeness (QED) is 0.646. The first-order valence-electron chi connectivity index (χ1n) is 5.55. The van der Waals surface area contributed by atoms with Crippen LogP contribution in [0.3, 0.4) is 0 Å². The molecule has 1 N–H and O–H groups in total. The molecular formula is C12H25NO. The fourth-order valence-electron chi connectivity index (χ4n) is 2.19. The molecule has 2 unspecified atom stereocenters. The van der Waals surface area contributed by atoms with Crippen LogP contribution in [0.25, 0.3) is 0 Å². The smallest absolute Gasteiger partial charge is 0.0712 e. The molecule has 0 radical (unpaired) electrons. The van der Waals surface area contributed by atoms with E-state index in [4.69, 9.17) is 0 Å². The molecule has 1 rings (SSSR count). The minimum Gasteiger partial charge on any atom is -0.391 e. The van der Waals surface area contributed by atoms with E-state index in [-0.39, 0.29) is 17.1 Å². The molecule has 2 nitrogen and oxygen atoms in total. The monoisotopic (exact) mass is 199 g/mol. The van der Waals surface area contributed by atoms with Crippen molar-refractivity contribution in [3.8, 4) is 0 Å². The highest BCUT2D eigenvalue weighted by Crippen LogP contribution is 2.36. The van der Waals surface area contributed by atoms with Crippen molar-refractivity contribution in [1.82, 2.24) is 4.90 Å². The number of nitrogens with zero attached hydrogens (tertiary/aromatic N) is 1. The van der Waals surface area contributed by atoms with Gasteiger partial charge >= 0.3 is 0 Å². The number of β-amino-alcohol motifs (C(OH)–C–C–N with tert-alkyl or cyclic N) is 1. The van der Waals surface area contributed by atoms with E-state index < -0.39 is 0 Å². The van der Waals surface area contributed by atoms with Crippen molar-refractivity contribution in [3.63, 3.8) is 0 Å². The average molecular weight is 199 g/mol. The molecule has 0 aromatic heterocycles. The molecule has 2 atom stereocenters. The lowest BCUT2D eigenvalue weighted by atomic mass is 9.79. The molecule has 1 fully saturated rings. The van der Waals surface area contributed by atoms with E-state index in [0.29, 0.717) is 5.92 Å². The zero-order valence-corrected chi connectivity index (χ0v) is 10.5. The standard InChI is InChI=1S/C12H25NO/c1-11(2,3)9-7-13(8-10(9)14)12(4,5)6/h9-10,14H,7-8H2,1-6H3. The van der Waals surface area contributed by atoms with Gasteiger partial charge in [0.2, 0.25) is 0 Å². The van der Waals surface area contributed by atoms with Gasteiger partial charge in [0.05, 0.1) is 6.10 Å². The van der Waals surface area contributed by atoms with Crippen LogP contribution in [0.5, 0.6) is 0 Å². The molecule has 0 bridgehead atoms. The highest BCUT2D eigenvalue weighted by atomic mass is 16.3. The van der Waals surface area contributed by atoms with Gasteiger partial charge in [-0.25, -0.2) is 0 Å². The van der Waals surface area contributed by atoms with Crippen LogP contribution >= 0.6 is 0 Å².